The number of rotatable bonds is 55. The summed E-state index contributed by atoms with van der Waals surface area (Å²) in [5, 5.41) is 0. The Morgan fingerprint density at radius 3 is 0.805 bits per heavy atom. The van der Waals surface area contributed by atoms with Crippen molar-refractivity contribution in [2.45, 2.75) is 271 Å². The van der Waals surface area contributed by atoms with Crippen LogP contribution in [0.3, 0.4) is 0 Å². The third-order valence-corrected chi connectivity index (χ3v) is 12.8. The number of unbranched alkanes of at least 4 members (excludes halogenated alkanes) is 20. The minimum atomic E-state index is -0.825. The molecule has 0 fully saturated rings. The third-order valence-electron chi connectivity index (χ3n) is 12.8. The molecule has 0 aromatic heterocycles. The maximum absolute atomic E-state index is 12.9. The van der Waals surface area contributed by atoms with Gasteiger partial charge in [0.25, 0.3) is 0 Å². The van der Waals surface area contributed by atoms with E-state index in [1.807, 2.05) is 12.2 Å². The van der Waals surface area contributed by atoms with Crippen molar-refractivity contribution in [2.24, 2.45) is 0 Å². The van der Waals surface area contributed by atoms with Crippen LogP contribution in [0, 0.1) is 0 Å². The van der Waals surface area contributed by atoms with E-state index in [0.717, 1.165) is 128 Å². The van der Waals surface area contributed by atoms with Gasteiger partial charge in [-0.15, -0.1) is 0 Å². The van der Waals surface area contributed by atoms with Crippen molar-refractivity contribution >= 4 is 17.9 Å². The van der Waals surface area contributed by atoms with Crippen LogP contribution in [0.15, 0.2) is 146 Å². The first-order valence-electron chi connectivity index (χ1n) is 31.3. The van der Waals surface area contributed by atoms with Gasteiger partial charge < -0.3 is 14.2 Å². The van der Waals surface area contributed by atoms with E-state index in [0.29, 0.717) is 12.8 Å². The smallest absolute Gasteiger partial charge is 0.306 e. The summed E-state index contributed by atoms with van der Waals surface area (Å²) in [4.78, 5) is 38.2. The predicted octanol–water partition coefficient (Wildman–Crippen LogP) is 21.5. The lowest BCUT2D eigenvalue weighted by atomic mass is 10.0. The molecular formula is C71H114O6. The molecule has 1 atom stereocenters. The molecule has 0 aliphatic carbocycles. The SMILES string of the molecule is CC/C=C\C/C=C\C/C=C\C/C=C\CCCCCCCCCCCCCCCCCCC(=O)OCC(COC(=O)CC/C=C\C/C=C\C/C=C\C/C=C\CC)OC(=O)CCCCCC/C=C\C/C=C\C/C=C\C/C=C\CC. The Morgan fingerprint density at radius 1 is 0.260 bits per heavy atom. The van der Waals surface area contributed by atoms with E-state index in [1.165, 1.54) is 89.9 Å². The molecule has 0 radical (unpaired) electrons. The van der Waals surface area contributed by atoms with E-state index in [-0.39, 0.29) is 44.0 Å². The Bertz CT molecular complexity index is 1700. The summed E-state index contributed by atoms with van der Waals surface area (Å²) in [6, 6.07) is 0. The molecule has 434 valence electrons. The molecule has 0 amide bonds. The molecule has 77 heavy (non-hydrogen) atoms. The summed E-state index contributed by atoms with van der Waals surface area (Å²) in [5.41, 5.74) is 0. The minimum absolute atomic E-state index is 0.114. The predicted molar refractivity (Wildman–Crippen MR) is 334 cm³/mol. The van der Waals surface area contributed by atoms with Crippen molar-refractivity contribution in [1.29, 1.82) is 0 Å². The maximum Gasteiger partial charge on any atom is 0.306 e. The average molecular weight is 1060 g/mol. The third kappa shape index (κ3) is 62.0. The van der Waals surface area contributed by atoms with Gasteiger partial charge in [0.05, 0.1) is 0 Å². The summed E-state index contributed by atoms with van der Waals surface area (Å²) in [5.74, 6) is -1.02. The fourth-order valence-corrected chi connectivity index (χ4v) is 8.26. The molecule has 1 unspecified atom stereocenters. The number of esters is 3. The number of carbonyl (C=O) groups excluding carboxylic acids is 3. The van der Waals surface area contributed by atoms with Crippen LogP contribution in [0.1, 0.15) is 265 Å². The van der Waals surface area contributed by atoms with Gasteiger partial charge in [0, 0.05) is 19.3 Å². The second-order valence-electron chi connectivity index (χ2n) is 20.2. The zero-order valence-electron chi connectivity index (χ0n) is 49.7. The van der Waals surface area contributed by atoms with Crippen LogP contribution >= 0.6 is 0 Å². The van der Waals surface area contributed by atoms with Crippen LogP contribution in [-0.2, 0) is 28.6 Å². The van der Waals surface area contributed by atoms with Crippen LogP contribution in [0.25, 0.3) is 0 Å². The molecule has 0 saturated carbocycles. The highest BCUT2D eigenvalue weighted by atomic mass is 16.6. The molecule has 0 aromatic rings. The van der Waals surface area contributed by atoms with Crippen molar-refractivity contribution < 1.29 is 28.6 Å². The van der Waals surface area contributed by atoms with Crippen molar-refractivity contribution in [3.63, 3.8) is 0 Å². The molecule has 6 nitrogen and oxygen atoms in total. The van der Waals surface area contributed by atoms with Gasteiger partial charge in [0.1, 0.15) is 13.2 Å². The highest BCUT2D eigenvalue weighted by Crippen LogP contribution is 2.16. The molecule has 6 heteroatoms. The van der Waals surface area contributed by atoms with E-state index in [9.17, 15) is 14.4 Å². The van der Waals surface area contributed by atoms with Crippen LogP contribution in [0.5, 0.6) is 0 Å². The maximum atomic E-state index is 12.9. The Morgan fingerprint density at radius 2 is 0.494 bits per heavy atom. The molecule has 0 aliphatic heterocycles. The normalized spacial score (nSPS) is 13.1. The molecule has 0 spiro atoms. The second-order valence-corrected chi connectivity index (χ2v) is 20.2. The van der Waals surface area contributed by atoms with Gasteiger partial charge in [-0.3, -0.25) is 14.4 Å². The van der Waals surface area contributed by atoms with E-state index in [2.05, 4.69) is 154 Å². The van der Waals surface area contributed by atoms with Crippen LogP contribution in [-0.4, -0.2) is 37.2 Å². The summed E-state index contributed by atoms with van der Waals surface area (Å²) in [7, 11) is 0. The molecular weight excluding hydrogens is 949 g/mol. The fraction of sp³-hybridized carbons (Fsp3) is 0.620. The van der Waals surface area contributed by atoms with Crippen molar-refractivity contribution in [3.8, 4) is 0 Å². The lowest BCUT2D eigenvalue weighted by Crippen LogP contribution is -2.30. The van der Waals surface area contributed by atoms with Gasteiger partial charge in [-0.25, -0.2) is 0 Å². The monoisotopic (exact) mass is 1060 g/mol. The number of hydrogen-bond acceptors (Lipinski definition) is 6. The fourth-order valence-electron chi connectivity index (χ4n) is 8.26. The summed E-state index contributed by atoms with van der Waals surface area (Å²) in [6.07, 6.45) is 91.6. The number of allylic oxidation sites excluding steroid dienone is 24. The summed E-state index contributed by atoms with van der Waals surface area (Å²) in [6.45, 7) is 6.21. The lowest BCUT2D eigenvalue weighted by molar-refractivity contribution is -0.166. The molecule has 0 rings (SSSR count). The topological polar surface area (TPSA) is 78.9 Å². The van der Waals surface area contributed by atoms with Gasteiger partial charge >= 0.3 is 17.9 Å². The van der Waals surface area contributed by atoms with E-state index in [1.54, 1.807) is 0 Å². The first kappa shape index (κ1) is 72.3. The van der Waals surface area contributed by atoms with Crippen LogP contribution in [0.4, 0.5) is 0 Å². The number of ether oxygens (including phenoxy) is 3. The molecule has 0 bridgehead atoms. The number of carbonyl (C=O) groups is 3. The van der Waals surface area contributed by atoms with E-state index < -0.39 is 6.10 Å². The highest BCUT2D eigenvalue weighted by molar-refractivity contribution is 5.71. The molecule has 0 heterocycles. The quantitative estimate of drug-likeness (QED) is 0.0261. The standard InChI is InChI=1S/C71H114O6/c1-4-7-10-13-16-19-22-25-27-29-30-31-32-33-34-35-36-37-38-39-40-42-43-46-49-52-55-58-61-64-70(73)76-67-68(66-75-69(72)63-60-57-54-51-48-45-24-21-18-15-12-9-6-3)77-71(74)65-62-59-56-53-50-47-44-41-28-26-23-20-17-14-11-8-5-2/h7-12,16-21,25-28,30-31,44-45,47-48,54,57,68H,4-6,13-15,22-24,29,32-43,46,49-53,55-56,58-67H2,1-3H3/b10-7-,11-8-,12-9-,19-16-,20-17-,21-18-,27-25-,28-26-,31-30-,47-44-,48-45-,57-54-. The van der Waals surface area contributed by atoms with E-state index >= 15 is 0 Å². The first-order valence-corrected chi connectivity index (χ1v) is 31.3. The second kappa shape index (κ2) is 63.8. The van der Waals surface area contributed by atoms with Crippen LogP contribution in [0.2, 0.25) is 0 Å². The van der Waals surface area contributed by atoms with Crippen molar-refractivity contribution in [2.75, 3.05) is 13.2 Å². The number of hydrogen-bond donors (Lipinski definition) is 0. The van der Waals surface area contributed by atoms with E-state index in [4.69, 9.17) is 14.2 Å². The van der Waals surface area contributed by atoms with Crippen molar-refractivity contribution in [3.05, 3.63) is 146 Å². The zero-order chi connectivity index (χ0) is 55.7. The van der Waals surface area contributed by atoms with Crippen molar-refractivity contribution in [1.82, 2.24) is 0 Å². The summed E-state index contributed by atoms with van der Waals surface area (Å²) >= 11 is 0. The highest BCUT2D eigenvalue weighted by Gasteiger charge is 2.19. The Labute approximate surface area is 474 Å². The molecule has 0 aliphatic rings. The summed E-state index contributed by atoms with van der Waals surface area (Å²) < 4.78 is 16.8. The van der Waals surface area contributed by atoms with Gasteiger partial charge in [-0.2, -0.15) is 0 Å². The van der Waals surface area contributed by atoms with Gasteiger partial charge in [-0.1, -0.05) is 269 Å². The molecule has 0 aromatic carbocycles. The average Bonchev–Trinajstić information content (AvgIpc) is 3.43. The Balaban J connectivity index is 4.32. The molecule has 0 N–H and O–H groups in total. The minimum Gasteiger partial charge on any atom is -0.462 e. The largest absolute Gasteiger partial charge is 0.462 e. The Kier molecular flexibility index (Phi) is 59.9. The Hall–Kier alpha value is -4.71. The zero-order valence-corrected chi connectivity index (χ0v) is 49.7. The van der Waals surface area contributed by atoms with Crippen LogP contribution < -0.4 is 0 Å². The van der Waals surface area contributed by atoms with Gasteiger partial charge in [-0.05, 0) is 122 Å². The van der Waals surface area contributed by atoms with Gasteiger partial charge in [0.2, 0.25) is 0 Å². The van der Waals surface area contributed by atoms with Gasteiger partial charge in [0.15, 0.2) is 6.10 Å². The first-order chi connectivity index (χ1) is 38.0. The lowest BCUT2D eigenvalue weighted by Gasteiger charge is -2.18. The molecule has 0 saturated heterocycles.